The van der Waals surface area contributed by atoms with Gasteiger partial charge in [0.1, 0.15) is 0 Å². The maximum atomic E-state index is 12.3. The normalized spacial score (nSPS) is 12.2. The zero-order valence-electron chi connectivity index (χ0n) is 17.4. The minimum Gasteiger partial charge on any atom is -0.361 e. The van der Waals surface area contributed by atoms with Crippen LogP contribution < -0.4 is 10.6 Å². The summed E-state index contributed by atoms with van der Waals surface area (Å²) in [5, 5.41) is 7.80. The third-order valence-electron chi connectivity index (χ3n) is 4.82. The molecule has 7 heteroatoms. The average Bonchev–Trinajstić information content (AvgIpc) is 3.15. The first kappa shape index (κ1) is 21.9. The van der Waals surface area contributed by atoms with Gasteiger partial charge in [-0.3, -0.25) is 4.99 Å². The van der Waals surface area contributed by atoms with Crippen LogP contribution in [0.5, 0.6) is 0 Å². The number of nitrogens with one attached hydrogen (secondary N) is 3. The number of aromatic nitrogens is 1. The van der Waals surface area contributed by atoms with Gasteiger partial charge in [0.15, 0.2) is 15.8 Å². The molecule has 0 spiro atoms. The lowest BCUT2D eigenvalue weighted by atomic mass is 10.1. The van der Waals surface area contributed by atoms with E-state index in [4.69, 9.17) is 0 Å². The van der Waals surface area contributed by atoms with Crippen LogP contribution in [0.4, 0.5) is 0 Å². The topological polar surface area (TPSA) is 86.3 Å². The van der Waals surface area contributed by atoms with E-state index in [9.17, 15) is 8.42 Å². The maximum Gasteiger partial charge on any atom is 0.191 e. The van der Waals surface area contributed by atoms with E-state index >= 15 is 0 Å². The second-order valence-electron chi connectivity index (χ2n) is 7.23. The van der Waals surface area contributed by atoms with Crippen LogP contribution >= 0.6 is 0 Å². The van der Waals surface area contributed by atoms with Gasteiger partial charge in [-0.05, 0) is 37.0 Å². The van der Waals surface area contributed by atoms with Crippen molar-refractivity contribution in [1.82, 2.24) is 15.6 Å². The van der Waals surface area contributed by atoms with Gasteiger partial charge in [0.2, 0.25) is 0 Å². The summed E-state index contributed by atoms with van der Waals surface area (Å²) in [7, 11) is -3.13. The Morgan fingerprint density at radius 3 is 2.60 bits per heavy atom. The van der Waals surface area contributed by atoms with E-state index in [-0.39, 0.29) is 11.5 Å². The van der Waals surface area contributed by atoms with Crippen molar-refractivity contribution in [1.29, 1.82) is 0 Å². The predicted octanol–water partition coefficient (Wildman–Crippen LogP) is 3.27. The molecule has 1 aromatic heterocycles. The molecule has 6 nitrogen and oxygen atoms in total. The van der Waals surface area contributed by atoms with Crippen molar-refractivity contribution in [3.8, 4) is 0 Å². The molecule has 0 aliphatic carbocycles. The zero-order chi connectivity index (χ0) is 21.2. The second-order valence-corrected chi connectivity index (χ2v) is 9.41. The van der Waals surface area contributed by atoms with Gasteiger partial charge in [0, 0.05) is 36.7 Å². The molecule has 3 aromatic rings. The number of sulfone groups is 1. The Hall–Kier alpha value is -2.80. The summed E-state index contributed by atoms with van der Waals surface area (Å²) in [6.07, 6.45) is 3.43. The van der Waals surface area contributed by atoms with Gasteiger partial charge in [-0.25, -0.2) is 8.42 Å². The van der Waals surface area contributed by atoms with Gasteiger partial charge in [0.25, 0.3) is 0 Å². The maximum absolute atomic E-state index is 12.3. The number of hydrogen-bond acceptors (Lipinski definition) is 3. The molecule has 3 rings (SSSR count). The number of H-pyrrole nitrogens is 1. The highest BCUT2D eigenvalue weighted by atomic mass is 32.2. The first-order valence-corrected chi connectivity index (χ1v) is 12.2. The van der Waals surface area contributed by atoms with E-state index in [1.165, 1.54) is 10.9 Å². The van der Waals surface area contributed by atoms with Crippen LogP contribution in [-0.4, -0.2) is 44.7 Å². The van der Waals surface area contributed by atoms with Gasteiger partial charge < -0.3 is 15.6 Å². The molecule has 0 radical (unpaired) electrons. The Morgan fingerprint density at radius 1 is 1.03 bits per heavy atom. The van der Waals surface area contributed by atoms with Crippen molar-refractivity contribution < 1.29 is 8.42 Å². The summed E-state index contributed by atoms with van der Waals surface area (Å²) < 4.78 is 24.6. The molecular formula is C23H30N4O2S. The second kappa shape index (κ2) is 10.8. The predicted molar refractivity (Wildman–Crippen MR) is 125 cm³/mol. The van der Waals surface area contributed by atoms with Crippen LogP contribution in [0.1, 0.15) is 24.5 Å². The molecule has 0 bridgehead atoms. The third-order valence-corrected chi connectivity index (χ3v) is 6.50. The molecule has 1 heterocycles. The first-order valence-electron chi connectivity index (χ1n) is 10.4. The number of para-hydroxylation sites is 1. The van der Waals surface area contributed by atoms with Crippen LogP contribution in [0, 0.1) is 0 Å². The SMILES string of the molecule is CCNC(=NCCCS(=O)(=O)Cc1ccccc1)NCCc1c[nH]c2ccccc12. The summed E-state index contributed by atoms with van der Waals surface area (Å²) in [5.74, 6) is 0.943. The van der Waals surface area contributed by atoms with Crippen LogP contribution in [0.3, 0.4) is 0 Å². The van der Waals surface area contributed by atoms with E-state index in [2.05, 4.69) is 32.7 Å². The highest BCUT2D eigenvalue weighted by Gasteiger charge is 2.11. The van der Waals surface area contributed by atoms with Crippen molar-refractivity contribution in [3.05, 3.63) is 71.9 Å². The van der Waals surface area contributed by atoms with Gasteiger partial charge in [-0.2, -0.15) is 0 Å². The third kappa shape index (κ3) is 6.62. The number of guanidine groups is 1. The Kier molecular flexibility index (Phi) is 7.90. The molecule has 0 saturated heterocycles. The Balaban J connectivity index is 1.46. The van der Waals surface area contributed by atoms with Crippen molar-refractivity contribution in [3.63, 3.8) is 0 Å². The largest absolute Gasteiger partial charge is 0.361 e. The fourth-order valence-electron chi connectivity index (χ4n) is 3.37. The molecule has 160 valence electrons. The van der Waals surface area contributed by atoms with E-state index < -0.39 is 9.84 Å². The standard InChI is InChI=1S/C23H30N4O2S/c1-2-24-23(26-15-13-20-17-27-22-12-7-6-11-21(20)22)25-14-8-16-30(28,29)18-19-9-4-3-5-10-19/h3-7,9-12,17,27H,2,8,13-16,18H2,1H3,(H2,24,25,26). The van der Waals surface area contributed by atoms with Gasteiger partial charge in [-0.15, -0.1) is 0 Å². The number of nitrogens with zero attached hydrogens (tertiary/aromatic N) is 1. The fraction of sp³-hybridized carbons (Fsp3) is 0.348. The Labute approximate surface area is 178 Å². The molecule has 0 fully saturated rings. The number of aliphatic imine (C=N–C) groups is 1. The minimum atomic E-state index is -3.13. The smallest absolute Gasteiger partial charge is 0.191 e. The minimum absolute atomic E-state index is 0.0838. The lowest BCUT2D eigenvalue weighted by Gasteiger charge is -2.11. The molecule has 0 unspecified atom stereocenters. The summed E-state index contributed by atoms with van der Waals surface area (Å²) in [4.78, 5) is 7.82. The van der Waals surface area contributed by atoms with Crippen molar-refractivity contribution in [2.45, 2.75) is 25.5 Å². The Morgan fingerprint density at radius 2 is 1.80 bits per heavy atom. The molecule has 3 N–H and O–H groups in total. The molecular weight excluding hydrogens is 396 g/mol. The number of hydrogen-bond donors (Lipinski definition) is 3. The van der Waals surface area contributed by atoms with Crippen LogP contribution in [0.2, 0.25) is 0 Å². The molecule has 0 atom stereocenters. The van der Waals surface area contributed by atoms with Gasteiger partial charge in [-0.1, -0.05) is 48.5 Å². The van der Waals surface area contributed by atoms with E-state index in [1.807, 2.05) is 55.6 Å². The summed E-state index contributed by atoms with van der Waals surface area (Å²) >= 11 is 0. The zero-order valence-corrected chi connectivity index (χ0v) is 18.2. The fourth-order valence-corrected chi connectivity index (χ4v) is 4.79. The highest BCUT2D eigenvalue weighted by molar-refractivity contribution is 7.90. The van der Waals surface area contributed by atoms with Crippen molar-refractivity contribution in [2.24, 2.45) is 4.99 Å². The highest BCUT2D eigenvalue weighted by Crippen LogP contribution is 2.17. The molecule has 2 aromatic carbocycles. The summed E-state index contributed by atoms with van der Waals surface area (Å²) in [5.41, 5.74) is 3.24. The monoisotopic (exact) mass is 426 g/mol. The number of rotatable bonds is 10. The van der Waals surface area contributed by atoms with Crippen LogP contribution in [0.25, 0.3) is 10.9 Å². The average molecular weight is 427 g/mol. The van der Waals surface area contributed by atoms with Gasteiger partial charge in [0.05, 0.1) is 11.5 Å². The Bertz CT molecular complexity index is 1060. The number of fused-ring (bicyclic) bond motifs is 1. The van der Waals surface area contributed by atoms with E-state index in [0.29, 0.717) is 13.0 Å². The summed E-state index contributed by atoms with van der Waals surface area (Å²) in [6.45, 7) is 3.99. The molecule has 0 amide bonds. The quantitative estimate of drug-likeness (QED) is 0.264. The number of benzene rings is 2. The van der Waals surface area contributed by atoms with Gasteiger partial charge >= 0.3 is 0 Å². The molecule has 0 saturated carbocycles. The van der Waals surface area contributed by atoms with E-state index in [0.717, 1.165) is 36.6 Å². The number of aromatic amines is 1. The lowest BCUT2D eigenvalue weighted by molar-refractivity contribution is 0.592. The van der Waals surface area contributed by atoms with E-state index in [1.54, 1.807) is 0 Å². The van der Waals surface area contributed by atoms with Crippen molar-refractivity contribution in [2.75, 3.05) is 25.4 Å². The molecule has 30 heavy (non-hydrogen) atoms. The first-order chi connectivity index (χ1) is 14.6. The lowest BCUT2D eigenvalue weighted by Crippen LogP contribution is -2.38. The van der Waals surface area contributed by atoms with Crippen LogP contribution in [0.15, 0.2) is 65.8 Å². The van der Waals surface area contributed by atoms with Crippen LogP contribution in [-0.2, 0) is 22.0 Å². The van der Waals surface area contributed by atoms with Crippen molar-refractivity contribution >= 4 is 26.7 Å². The molecule has 0 aliphatic heterocycles. The molecule has 0 aliphatic rings. The summed E-state index contributed by atoms with van der Waals surface area (Å²) in [6, 6.07) is 17.6.